The average Bonchev–Trinajstić information content (AvgIpc) is 2.64. The summed E-state index contributed by atoms with van der Waals surface area (Å²) in [7, 11) is -2.33. The van der Waals surface area contributed by atoms with Crippen molar-refractivity contribution < 1.29 is 22.7 Å². The molecule has 20 heavy (non-hydrogen) atoms. The molecular formula is C11H12N2O6S. The first-order valence-electron chi connectivity index (χ1n) is 5.62. The summed E-state index contributed by atoms with van der Waals surface area (Å²) >= 11 is 0. The van der Waals surface area contributed by atoms with Crippen LogP contribution in [0.4, 0.5) is 0 Å². The third-order valence-corrected chi connectivity index (χ3v) is 4.16. The fraction of sp³-hybridized carbons (Fsp3) is 0.273. The first kappa shape index (κ1) is 14.3. The van der Waals surface area contributed by atoms with E-state index in [0.29, 0.717) is 5.52 Å². The number of aliphatic carboxylic acids is 1. The molecule has 0 aliphatic rings. The van der Waals surface area contributed by atoms with Crippen molar-refractivity contribution in [1.82, 2.24) is 9.29 Å². The van der Waals surface area contributed by atoms with Gasteiger partial charge in [0.1, 0.15) is 0 Å². The van der Waals surface area contributed by atoms with Crippen molar-refractivity contribution in [2.45, 2.75) is 11.3 Å². The summed E-state index contributed by atoms with van der Waals surface area (Å²) < 4.78 is 32.1. The highest BCUT2D eigenvalue weighted by Gasteiger charge is 2.16. The Morgan fingerprint density at radius 3 is 2.80 bits per heavy atom. The molecule has 0 saturated heterocycles. The Labute approximate surface area is 113 Å². The molecule has 0 atom stereocenters. The smallest absolute Gasteiger partial charge is 0.419 e. The third kappa shape index (κ3) is 2.73. The van der Waals surface area contributed by atoms with Gasteiger partial charge in [0, 0.05) is 19.7 Å². The Hall–Kier alpha value is -2.13. The van der Waals surface area contributed by atoms with E-state index in [4.69, 9.17) is 9.52 Å². The second kappa shape index (κ2) is 5.10. The molecule has 2 N–H and O–H groups in total. The van der Waals surface area contributed by atoms with Gasteiger partial charge in [-0.1, -0.05) is 0 Å². The van der Waals surface area contributed by atoms with Crippen LogP contribution < -0.4 is 10.5 Å². The molecule has 2 rings (SSSR count). The van der Waals surface area contributed by atoms with E-state index in [1.165, 1.54) is 29.8 Å². The number of nitrogens with zero attached hydrogens (tertiary/aromatic N) is 1. The molecular weight excluding hydrogens is 288 g/mol. The fourth-order valence-electron chi connectivity index (χ4n) is 1.66. The zero-order valence-corrected chi connectivity index (χ0v) is 11.3. The zero-order valence-electron chi connectivity index (χ0n) is 10.5. The number of hydrogen-bond donors (Lipinski definition) is 2. The minimum absolute atomic E-state index is 0.0928. The molecule has 0 amide bonds. The van der Waals surface area contributed by atoms with Gasteiger partial charge in [0.25, 0.3) is 0 Å². The summed E-state index contributed by atoms with van der Waals surface area (Å²) in [6, 6.07) is 3.99. The van der Waals surface area contributed by atoms with Crippen LogP contribution in [-0.2, 0) is 21.9 Å². The average molecular weight is 300 g/mol. The molecule has 2 aromatic rings. The van der Waals surface area contributed by atoms with Gasteiger partial charge in [-0.05, 0) is 12.1 Å². The van der Waals surface area contributed by atoms with Crippen molar-refractivity contribution in [1.29, 1.82) is 0 Å². The zero-order chi connectivity index (χ0) is 14.9. The molecule has 0 radical (unpaired) electrons. The number of fused-ring (bicyclic) bond motifs is 1. The van der Waals surface area contributed by atoms with Gasteiger partial charge in [-0.3, -0.25) is 9.36 Å². The Kier molecular flexibility index (Phi) is 3.64. The molecule has 9 heteroatoms. The van der Waals surface area contributed by atoms with Gasteiger partial charge in [-0.2, -0.15) is 0 Å². The van der Waals surface area contributed by atoms with Crippen molar-refractivity contribution in [2.75, 3.05) is 6.54 Å². The van der Waals surface area contributed by atoms with Gasteiger partial charge in [-0.25, -0.2) is 17.9 Å². The van der Waals surface area contributed by atoms with Crippen molar-refractivity contribution in [3.05, 3.63) is 28.7 Å². The maximum absolute atomic E-state index is 11.9. The monoisotopic (exact) mass is 300 g/mol. The number of rotatable bonds is 5. The van der Waals surface area contributed by atoms with Crippen LogP contribution in [0.5, 0.6) is 0 Å². The molecule has 0 fully saturated rings. The molecule has 8 nitrogen and oxygen atoms in total. The van der Waals surface area contributed by atoms with Gasteiger partial charge >= 0.3 is 11.7 Å². The number of carbonyl (C=O) groups is 1. The predicted octanol–water partition coefficient (Wildman–Crippen LogP) is -0.115. The van der Waals surface area contributed by atoms with Crippen LogP contribution in [0.2, 0.25) is 0 Å². The number of nitrogens with one attached hydrogen (secondary N) is 1. The maximum atomic E-state index is 11.9. The highest BCUT2D eigenvalue weighted by molar-refractivity contribution is 7.89. The summed E-state index contributed by atoms with van der Waals surface area (Å²) in [4.78, 5) is 21.6. The normalized spacial score (nSPS) is 11.8. The number of hydrogen-bond acceptors (Lipinski definition) is 5. The molecule has 1 aromatic carbocycles. The number of carboxylic acids is 1. The highest BCUT2D eigenvalue weighted by atomic mass is 32.2. The first-order chi connectivity index (χ1) is 9.31. The second-order valence-electron chi connectivity index (χ2n) is 4.10. The summed E-state index contributed by atoms with van der Waals surface area (Å²) in [5.41, 5.74) is 0.623. The van der Waals surface area contributed by atoms with Crippen LogP contribution in [0.3, 0.4) is 0 Å². The van der Waals surface area contributed by atoms with E-state index >= 15 is 0 Å². The summed E-state index contributed by atoms with van der Waals surface area (Å²) in [6.45, 7) is -0.214. The number of sulfonamides is 1. The summed E-state index contributed by atoms with van der Waals surface area (Å²) in [6.07, 6.45) is -0.318. The standard InChI is InChI=1S/C11H12N2O6S/c1-13-8-3-2-7(6-9(8)19-11(13)16)20(17,18)12-5-4-10(14)15/h2-3,6,12H,4-5H2,1H3,(H,14,15). The third-order valence-electron chi connectivity index (χ3n) is 2.71. The maximum Gasteiger partial charge on any atom is 0.419 e. The number of aromatic nitrogens is 1. The number of carboxylic acid groups (broad SMARTS) is 1. The topological polar surface area (TPSA) is 119 Å². The van der Waals surface area contributed by atoms with Crippen LogP contribution in [0.25, 0.3) is 11.1 Å². The molecule has 0 aliphatic heterocycles. The minimum Gasteiger partial charge on any atom is -0.481 e. The fourth-order valence-corrected chi connectivity index (χ4v) is 2.70. The van der Waals surface area contributed by atoms with E-state index in [1.807, 2.05) is 0 Å². The lowest BCUT2D eigenvalue weighted by atomic mass is 10.3. The molecule has 0 unspecified atom stereocenters. The van der Waals surface area contributed by atoms with Crippen LogP contribution in [0.15, 0.2) is 32.3 Å². The van der Waals surface area contributed by atoms with Gasteiger partial charge in [-0.15, -0.1) is 0 Å². The van der Waals surface area contributed by atoms with Crippen molar-refractivity contribution in [3.63, 3.8) is 0 Å². The summed E-state index contributed by atoms with van der Waals surface area (Å²) in [5.74, 6) is -1.69. The van der Waals surface area contributed by atoms with Crippen LogP contribution in [0, 0.1) is 0 Å². The lowest BCUT2D eigenvalue weighted by Crippen LogP contribution is -2.26. The van der Waals surface area contributed by atoms with Crippen LogP contribution in [-0.4, -0.2) is 30.6 Å². The molecule has 0 saturated carbocycles. The first-order valence-corrected chi connectivity index (χ1v) is 7.10. The predicted molar refractivity (Wildman–Crippen MR) is 68.9 cm³/mol. The lowest BCUT2D eigenvalue weighted by Gasteiger charge is -2.05. The second-order valence-corrected chi connectivity index (χ2v) is 5.86. The van der Waals surface area contributed by atoms with Gasteiger partial charge in [0.2, 0.25) is 10.0 Å². The Morgan fingerprint density at radius 2 is 2.15 bits per heavy atom. The summed E-state index contributed by atoms with van der Waals surface area (Å²) in [5, 5.41) is 8.47. The molecule has 0 bridgehead atoms. The van der Waals surface area contributed by atoms with E-state index < -0.39 is 21.7 Å². The SMILES string of the molecule is Cn1c(=O)oc2cc(S(=O)(=O)NCCC(=O)O)ccc21. The molecule has 1 aromatic heterocycles. The van der Waals surface area contributed by atoms with E-state index in [0.717, 1.165) is 0 Å². The molecule has 108 valence electrons. The number of benzene rings is 1. The Bertz CT molecular complexity index is 817. The highest BCUT2D eigenvalue weighted by Crippen LogP contribution is 2.17. The van der Waals surface area contributed by atoms with Crippen molar-refractivity contribution in [3.8, 4) is 0 Å². The largest absolute Gasteiger partial charge is 0.481 e. The van der Waals surface area contributed by atoms with Gasteiger partial charge in [0.05, 0.1) is 16.8 Å². The molecule has 0 aliphatic carbocycles. The van der Waals surface area contributed by atoms with Crippen molar-refractivity contribution >= 4 is 27.1 Å². The minimum atomic E-state index is -3.84. The van der Waals surface area contributed by atoms with Crippen LogP contribution >= 0.6 is 0 Å². The van der Waals surface area contributed by atoms with Gasteiger partial charge in [0.15, 0.2) is 5.58 Å². The van der Waals surface area contributed by atoms with E-state index in [2.05, 4.69) is 4.72 Å². The molecule has 0 spiro atoms. The Balaban J connectivity index is 2.32. The van der Waals surface area contributed by atoms with E-state index in [9.17, 15) is 18.0 Å². The molecule has 1 heterocycles. The van der Waals surface area contributed by atoms with Crippen molar-refractivity contribution in [2.24, 2.45) is 7.05 Å². The number of aryl methyl sites for hydroxylation is 1. The van der Waals surface area contributed by atoms with Gasteiger partial charge < -0.3 is 9.52 Å². The lowest BCUT2D eigenvalue weighted by molar-refractivity contribution is -0.136. The van der Waals surface area contributed by atoms with E-state index in [1.54, 1.807) is 0 Å². The number of oxazole rings is 1. The quantitative estimate of drug-likeness (QED) is 0.795. The van der Waals surface area contributed by atoms with Crippen LogP contribution in [0.1, 0.15) is 6.42 Å². The Morgan fingerprint density at radius 1 is 1.45 bits per heavy atom. The van der Waals surface area contributed by atoms with E-state index in [-0.39, 0.29) is 23.4 Å².